The first kappa shape index (κ1) is 17.5. The smallest absolute Gasteiger partial charge is 0.243 e. The van der Waals surface area contributed by atoms with Crippen LogP contribution in [0.5, 0.6) is 5.75 Å². The first-order chi connectivity index (χ1) is 12.4. The third-order valence-electron chi connectivity index (χ3n) is 5.48. The van der Waals surface area contributed by atoms with Crippen LogP contribution in [0.3, 0.4) is 0 Å². The highest BCUT2D eigenvalue weighted by Gasteiger charge is 2.53. The molecule has 2 bridgehead atoms. The summed E-state index contributed by atoms with van der Waals surface area (Å²) in [6.45, 7) is 0. The SMILES string of the molecule is COc1ccc(S(=O)(=O)N2C3CCC2CC(O)(c2ccccn2)C3)cc1. The zero-order valence-corrected chi connectivity index (χ0v) is 15.4. The summed E-state index contributed by atoms with van der Waals surface area (Å²) < 4.78 is 33.1. The summed E-state index contributed by atoms with van der Waals surface area (Å²) in [6, 6.07) is 11.5. The highest BCUT2D eigenvalue weighted by molar-refractivity contribution is 7.89. The number of aliphatic hydroxyl groups is 1. The molecule has 2 saturated heterocycles. The zero-order valence-electron chi connectivity index (χ0n) is 14.6. The van der Waals surface area contributed by atoms with Crippen LogP contribution in [0.2, 0.25) is 0 Å². The van der Waals surface area contributed by atoms with E-state index in [9.17, 15) is 13.5 Å². The third-order valence-corrected chi connectivity index (χ3v) is 7.50. The molecule has 2 atom stereocenters. The standard InChI is InChI=1S/C19H22N2O4S/c1-25-16-7-9-17(10-8-16)26(23,24)21-14-5-6-15(21)13-19(22,12-14)18-4-2-3-11-20-18/h2-4,7-11,14-15,22H,5-6,12-13H2,1H3. The molecule has 0 saturated carbocycles. The van der Waals surface area contributed by atoms with Crippen molar-refractivity contribution in [2.45, 2.75) is 48.3 Å². The summed E-state index contributed by atoms with van der Waals surface area (Å²) >= 11 is 0. The van der Waals surface area contributed by atoms with Gasteiger partial charge in [0.05, 0.1) is 17.7 Å². The molecule has 138 valence electrons. The Balaban J connectivity index is 1.64. The first-order valence-electron chi connectivity index (χ1n) is 8.75. The highest BCUT2D eigenvalue weighted by Crippen LogP contribution is 2.47. The Morgan fingerprint density at radius 3 is 2.31 bits per heavy atom. The van der Waals surface area contributed by atoms with Gasteiger partial charge in [-0.25, -0.2) is 8.42 Å². The maximum absolute atomic E-state index is 13.2. The van der Waals surface area contributed by atoms with Crippen molar-refractivity contribution < 1.29 is 18.3 Å². The van der Waals surface area contributed by atoms with Gasteiger partial charge < -0.3 is 9.84 Å². The van der Waals surface area contributed by atoms with E-state index in [0.29, 0.717) is 24.3 Å². The van der Waals surface area contributed by atoms with E-state index in [1.165, 1.54) is 0 Å². The minimum atomic E-state index is -3.61. The van der Waals surface area contributed by atoms with Crippen molar-refractivity contribution in [1.82, 2.24) is 9.29 Å². The molecule has 0 aliphatic carbocycles. The van der Waals surface area contributed by atoms with Gasteiger partial charge in [0.2, 0.25) is 10.0 Å². The Labute approximate surface area is 153 Å². The summed E-state index contributed by atoms with van der Waals surface area (Å²) in [5, 5.41) is 11.1. The molecule has 2 unspecified atom stereocenters. The summed E-state index contributed by atoms with van der Waals surface area (Å²) in [6.07, 6.45) is 3.92. The second kappa shape index (κ2) is 6.33. The van der Waals surface area contributed by atoms with Gasteiger partial charge in [-0.2, -0.15) is 4.31 Å². The van der Waals surface area contributed by atoms with Crippen molar-refractivity contribution in [3.05, 3.63) is 54.4 Å². The van der Waals surface area contributed by atoms with Crippen LogP contribution in [-0.2, 0) is 15.6 Å². The van der Waals surface area contributed by atoms with Gasteiger partial charge in [0.15, 0.2) is 0 Å². The number of ether oxygens (including phenoxy) is 1. The summed E-state index contributed by atoms with van der Waals surface area (Å²) in [5.74, 6) is 0.620. The Bertz CT molecular complexity index is 870. The molecular weight excluding hydrogens is 352 g/mol. The van der Waals surface area contributed by atoms with Crippen LogP contribution in [-0.4, -0.2) is 42.0 Å². The third kappa shape index (κ3) is 2.80. The van der Waals surface area contributed by atoms with Crippen molar-refractivity contribution >= 4 is 10.0 Å². The van der Waals surface area contributed by atoms with Crippen LogP contribution in [0.25, 0.3) is 0 Å². The topological polar surface area (TPSA) is 79.7 Å². The molecule has 6 nitrogen and oxygen atoms in total. The van der Waals surface area contributed by atoms with Gasteiger partial charge in [-0.1, -0.05) is 6.07 Å². The summed E-state index contributed by atoms with van der Waals surface area (Å²) in [4.78, 5) is 4.57. The van der Waals surface area contributed by atoms with E-state index in [4.69, 9.17) is 4.74 Å². The number of methoxy groups -OCH3 is 1. The van der Waals surface area contributed by atoms with Gasteiger partial charge in [-0.05, 0) is 62.1 Å². The van der Waals surface area contributed by atoms with Gasteiger partial charge in [0.1, 0.15) is 11.4 Å². The molecule has 0 spiro atoms. The fraction of sp³-hybridized carbons (Fsp3) is 0.421. The van der Waals surface area contributed by atoms with Crippen molar-refractivity contribution in [2.24, 2.45) is 0 Å². The predicted octanol–water partition coefficient (Wildman–Crippen LogP) is 2.29. The first-order valence-corrected chi connectivity index (χ1v) is 10.2. The number of benzene rings is 1. The van der Waals surface area contributed by atoms with E-state index < -0.39 is 15.6 Å². The molecule has 2 fully saturated rings. The number of aromatic nitrogens is 1. The maximum Gasteiger partial charge on any atom is 0.243 e. The monoisotopic (exact) mass is 374 g/mol. The van der Waals surface area contributed by atoms with Gasteiger partial charge in [-0.3, -0.25) is 4.98 Å². The quantitative estimate of drug-likeness (QED) is 0.888. The van der Waals surface area contributed by atoms with Gasteiger partial charge in [0, 0.05) is 18.3 Å². The van der Waals surface area contributed by atoms with E-state index in [1.54, 1.807) is 41.9 Å². The molecule has 0 amide bonds. The number of fused-ring (bicyclic) bond motifs is 2. The summed E-state index contributed by atoms with van der Waals surface area (Å²) in [7, 11) is -2.06. The average molecular weight is 374 g/mol. The maximum atomic E-state index is 13.2. The second-order valence-electron chi connectivity index (χ2n) is 7.05. The van der Waals surface area contributed by atoms with E-state index >= 15 is 0 Å². The lowest BCUT2D eigenvalue weighted by Gasteiger charge is -2.42. The minimum Gasteiger partial charge on any atom is -0.497 e. The largest absolute Gasteiger partial charge is 0.497 e. The van der Waals surface area contributed by atoms with Gasteiger partial charge in [0.25, 0.3) is 0 Å². The van der Waals surface area contributed by atoms with Crippen molar-refractivity contribution in [3.8, 4) is 5.75 Å². The van der Waals surface area contributed by atoms with Crippen LogP contribution in [0, 0.1) is 0 Å². The number of sulfonamides is 1. The molecule has 2 aliphatic rings. The normalized spacial score (nSPS) is 28.8. The minimum absolute atomic E-state index is 0.215. The van der Waals surface area contributed by atoms with Crippen LogP contribution < -0.4 is 4.74 Å². The number of pyridine rings is 1. The number of piperidine rings is 1. The lowest BCUT2D eigenvalue weighted by molar-refractivity contribution is -0.0374. The van der Waals surface area contributed by atoms with Gasteiger partial charge in [-0.15, -0.1) is 0 Å². The molecule has 4 rings (SSSR count). The zero-order chi connectivity index (χ0) is 18.4. The number of hydrogen-bond acceptors (Lipinski definition) is 5. The molecule has 2 aromatic rings. The molecule has 0 radical (unpaired) electrons. The Morgan fingerprint density at radius 2 is 1.77 bits per heavy atom. The van der Waals surface area contributed by atoms with Crippen molar-refractivity contribution in [1.29, 1.82) is 0 Å². The van der Waals surface area contributed by atoms with E-state index in [0.717, 1.165) is 12.8 Å². The van der Waals surface area contributed by atoms with E-state index in [-0.39, 0.29) is 17.0 Å². The molecular formula is C19H22N2O4S. The van der Waals surface area contributed by atoms with Crippen LogP contribution in [0.1, 0.15) is 31.4 Å². The second-order valence-corrected chi connectivity index (χ2v) is 8.89. The highest BCUT2D eigenvalue weighted by atomic mass is 32.2. The molecule has 1 N–H and O–H groups in total. The lowest BCUT2D eigenvalue weighted by atomic mass is 9.84. The fourth-order valence-electron chi connectivity index (χ4n) is 4.29. The molecule has 26 heavy (non-hydrogen) atoms. The van der Waals surface area contributed by atoms with Crippen LogP contribution in [0.4, 0.5) is 0 Å². The average Bonchev–Trinajstić information content (AvgIpc) is 2.96. The number of nitrogens with zero attached hydrogens (tertiary/aromatic N) is 2. The lowest BCUT2D eigenvalue weighted by Crippen LogP contribution is -2.52. The molecule has 2 aliphatic heterocycles. The van der Waals surface area contributed by atoms with E-state index in [1.807, 2.05) is 18.2 Å². The van der Waals surface area contributed by atoms with Crippen molar-refractivity contribution in [2.75, 3.05) is 7.11 Å². The molecule has 3 heterocycles. The van der Waals surface area contributed by atoms with Crippen LogP contribution >= 0.6 is 0 Å². The number of rotatable bonds is 4. The molecule has 1 aromatic carbocycles. The number of hydrogen-bond donors (Lipinski definition) is 1. The predicted molar refractivity (Wildman–Crippen MR) is 96.2 cm³/mol. The van der Waals surface area contributed by atoms with E-state index in [2.05, 4.69) is 4.98 Å². The Morgan fingerprint density at radius 1 is 1.12 bits per heavy atom. The fourth-order valence-corrected chi connectivity index (χ4v) is 6.16. The molecule has 7 heteroatoms. The van der Waals surface area contributed by atoms with Crippen LogP contribution in [0.15, 0.2) is 53.6 Å². The van der Waals surface area contributed by atoms with Crippen molar-refractivity contribution in [3.63, 3.8) is 0 Å². The summed E-state index contributed by atoms with van der Waals surface area (Å²) in [5.41, 5.74) is -0.447. The molecule has 1 aromatic heterocycles. The van der Waals surface area contributed by atoms with Gasteiger partial charge >= 0.3 is 0 Å². The Kier molecular flexibility index (Phi) is 4.25. The Hall–Kier alpha value is -1.96.